The van der Waals surface area contributed by atoms with Crippen LogP contribution in [0, 0.1) is 34.5 Å². The first-order valence-corrected chi connectivity index (χ1v) is 7.87. The molecule has 0 fully saturated rings. The molecule has 29 heavy (non-hydrogen) atoms. The van der Waals surface area contributed by atoms with Crippen molar-refractivity contribution in [3.8, 4) is 5.69 Å². The zero-order valence-electron chi connectivity index (χ0n) is 15.3. The number of rotatable bonds is 1. The molecule has 3 rings (SSSR count). The molecule has 162 valence electrons. The van der Waals surface area contributed by atoms with Crippen molar-refractivity contribution in [1.29, 1.82) is 0 Å². The summed E-state index contributed by atoms with van der Waals surface area (Å²) in [4.78, 5) is 0. The van der Waals surface area contributed by atoms with Gasteiger partial charge in [-0.05, 0) is 5.41 Å². The number of fused-ring (bicyclic) bond motifs is 1. The molecule has 2 aromatic rings. The van der Waals surface area contributed by atoms with Crippen LogP contribution in [0.3, 0.4) is 0 Å². The molecule has 1 atom stereocenters. The maximum atomic E-state index is 14.0. The first kappa shape index (κ1) is 24.8. The molecule has 14 heteroatoms. The fraction of sp³-hybridized carbons (Fsp3) is 0.467. The SMILES string of the molecule is CC(C)(C)[C@H]1COCc2nn(-c3c(F)c(F)c(F)c(F)c3F)c[n+]21.FB(F)F.[F-]. The van der Waals surface area contributed by atoms with E-state index in [9.17, 15) is 34.9 Å². The predicted molar refractivity (Wildman–Crippen MR) is 80.8 cm³/mol. The Balaban J connectivity index is 0.000000771. The van der Waals surface area contributed by atoms with Crippen molar-refractivity contribution in [3.63, 3.8) is 0 Å². The molecule has 0 unspecified atom stereocenters. The van der Waals surface area contributed by atoms with Gasteiger partial charge in [0.2, 0.25) is 41.1 Å². The van der Waals surface area contributed by atoms with Crippen molar-refractivity contribution in [2.24, 2.45) is 5.41 Å². The molecule has 0 saturated heterocycles. The number of aromatic nitrogens is 3. The third-order valence-corrected chi connectivity index (χ3v) is 4.01. The molecule has 2 heterocycles. The van der Waals surface area contributed by atoms with Crippen molar-refractivity contribution in [2.75, 3.05) is 6.61 Å². The highest BCUT2D eigenvalue weighted by atomic mass is 19.4. The molecule has 1 aliphatic heterocycles. The topological polar surface area (TPSA) is 30.9 Å². The molecule has 0 bridgehead atoms. The second-order valence-electron chi connectivity index (χ2n) is 6.95. The Morgan fingerprint density at radius 2 is 1.45 bits per heavy atom. The predicted octanol–water partition coefficient (Wildman–Crippen LogP) is 0.857. The normalized spacial score (nSPS) is 15.8. The lowest BCUT2D eigenvalue weighted by atomic mass is 9.86. The van der Waals surface area contributed by atoms with Gasteiger partial charge >= 0.3 is 13.4 Å². The number of nitrogens with zero attached hydrogens (tertiary/aromatic N) is 3. The van der Waals surface area contributed by atoms with Crippen molar-refractivity contribution in [2.45, 2.75) is 33.4 Å². The number of benzene rings is 1. The minimum absolute atomic E-state index is 0. The minimum atomic E-state index is -3.67. The average molecular weight is 435 g/mol. The summed E-state index contributed by atoms with van der Waals surface area (Å²) in [6.45, 7) is 6.26. The number of halogens is 9. The molecule has 1 aromatic heterocycles. The molecule has 0 spiro atoms. The van der Waals surface area contributed by atoms with Crippen LogP contribution in [0.25, 0.3) is 5.69 Å². The zero-order chi connectivity index (χ0) is 21.4. The lowest BCUT2D eigenvalue weighted by Crippen LogP contribution is -3.00. The molecule has 4 nitrogen and oxygen atoms in total. The molecule has 0 saturated carbocycles. The van der Waals surface area contributed by atoms with Gasteiger partial charge in [-0.2, -0.15) is 8.78 Å². The van der Waals surface area contributed by atoms with Crippen molar-refractivity contribution in [3.05, 3.63) is 41.2 Å². The van der Waals surface area contributed by atoms with Crippen LogP contribution in [0.4, 0.5) is 34.9 Å². The van der Waals surface area contributed by atoms with Crippen LogP contribution in [0.5, 0.6) is 0 Å². The monoisotopic (exact) mass is 435 g/mol. The van der Waals surface area contributed by atoms with E-state index in [1.807, 2.05) is 20.8 Å². The van der Waals surface area contributed by atoms with Gasteiger partial charge in [0.1, 0.15) is 12.6 Å². The van der Waals surface area contributed by atoms with Gasteiger partial charge in [-0.15, -0.1) is 0 Å². The van der Waals surface area contributed by atoms with Gasteiger partial charge in [0, 0.05) is 5.10 Å². The highest BCUT2D eigenvalue weighted by Gasteiger charge is 2.39. The summed E-state index contributed by atoms with van der Waals surface area (Å²) in [5, 5.41) is 3.94. The second kappa shape index (κ2) is 9.05. The van der Waals surface area contributed by atoms with E-state index < -0.39 is 42.3 Å². The van der Waals surface area contributed by atoms with Crippen LogP contribution in [-0.4, -0.2) is 23.9 Å². The molecule has 1 aromatic carbocycles. The van der Waals surface area contributed by atoms with E-state index in [0.717, 1.165) is 0 Å². The van der Waals surface area contributed by atoms with E-state index in [1.165, 1.54) is 6.33 Å². The summed E-state index contributed by atoms with van der Waals surface area (Å²) in [6.07, 6.45) is 1.23. The van der Waals surface area contributed by atoms with Crippen LogP contribution in [0.1, 0.15) is 32.6 Å². The number of hydrogen-bond donors (Lipinski definition) is 0. The van der Waals surface area contributed by atoms with Gasteiger partial charge in [0.05, 0.1) is 6.61 Å². The van der Waals surface area contributed by atoms with Crippen LogP contribution in [0.15, 0.2) is 6.33 Å². The second-order valence-corrected chi connectivity index (χ2v) is 6.95. The largest absolute Gasteiger partial charge is 1.00 e. The third kappa shape index (κ3) is 5.03. The van der Waals surface area contributed by atoms with Crippen LogP contribution >= 0.6 is 0 Å². The van der Waals surface area contributed by atoms with Gasteiger partial charge in [0.25, 0.3) is 0 Å². The van der Waals surface area contributed by atoms with Crippen LogP contribution < -0.4 is 9.27 Å². The zero-order valence-corrected chi connectivity index (χ0v) is 15.3. The van der Waals surface area contributed by atoms with Gasteiger partial charge in [-0.3, -0.25) is 12.9 Å². The summed E-state index contributed by atoms with van der Waals surface area (Å²) in [7, 11) is -3.67. The maximum Gasteiger partial charge on any atom is 0.762 e. The fourth-order valence-corrected chi connectivity index (χ4v) is 2.66. The van der Waals surface area contributed by atoms with E-state index in [0.29, 0.717) is 17.1 Å². The van der Waals surface area contributed by atoms with E-state index in [-0.39, 0.29) is 22.8 Å². The Labute approximate surface area is 159 Å². The van der Waals surface area contributed by atoms with Crippen molar-refractivity contribution >= 4 is 7.54 Å². The molecule has 1 aliphatic rings. The van der Waals surface area contributed by atoms with E-state index in [4.69, 9.17) is 4.74 Å². The molecule has 0 amide bonds. The van der Waals surface area contributed by atoms with Gasteiger partial charge < -0.3 is 9.44 Å². The van der Waals surface area contributed by atoms with Gasteiger partial charge in [-0.25, -0.2) is 17.7 Å². The minimum Gasteiger partial charge on any atom is -1.00 e. The molecular weight excluding hydrogens is 420 g/mol. The lowest BCUT2D eigenvalue weighted by Gasteiger charge is -2.31. The third-order valence-electron chi connectivity index (χ3n) is 4.01. The summed E-state index contributed by atoms with van der Waals surface area (Å²) < 4.78 is 105. The quantitative estimate of drug-likeness (QED) is 0.219. The van der Waals surface area contributed by atoms with E-state index >= 15 is 0 Å². The number of hydrogen-bond acceptors (Lipinski definition) is 2. The van der Waals surface area contributed by atoms with Crippen molar-refractivity contribution in [1.82, 2.24) is 9.78 Å². The average Bonchev–Trinajstić information content (AvgIpc) is 3.00. The fourth-order valence-electron chi connectivity index (χ4n) is 2.66. The Hall–Kier alpha value is -2.25. The van der Waals surface area contributed by atoms with Gasteiger partial charge in [0.15, 0.2) is 0 Å². The number of ether oxygens (including phenoxy) is 1. The van der Waals surface area contributed by atoms with Crippen LogP contribution in [-0.2, 0) is 11.3 Å². The standard InChI is InChI=1S/C15H15F5N3O.BF3.FH/c1-15(2,3)7-4-24-5-8-21-23(6-22(7)8)14-12(19)10(17)9(16)11(18)13(14)20;2-1(3)4;/h6-7H,4-5H2,1-3H3;;1H/q+1;;/p-1/t7-;;/m1../s1. The van der Waals surface area contributed by atoms with Crippen LogP contribution in [0.2, 0.25) is 0 Å². The summed E-state index contributed by atoms with van der Waals surface area (Å²) in [5.74, 6) is -9.74. The summed E-state index contributed by atoms with van der Waals surface area (Å²) in [5.41, 5.74) is -1.37. The lowest BCUT2D eigenvalue weighted by molar-refractivity contribution is -0.755. The Kier molecular flexibility index (Phi) is 7.74. The first-order chi connectivity index (χ1) is 12.9. The van der Waals surface area contributed by atoms with E-state index in [2.05, 4.69) is 5.10 Å². The Morgan fingerprint density at radius 3 is 1.90 bits per heavy atom. The van der Waals surface area contributed by atoms with Crippen molar-refractivity contribution < 1.29 is 48.9 Å². The summed E-state index contributed by atoms with van der Waals surface area (Å²) >= 11 is 0. The smallest absolute Gasteiger partial charge is 0.762 e. The molecule has 0 N–H and O–H groups in total. The highest BCUT2D eigenvalue weighted by molar-refractivity contribution is 6.33. The molecule has 0 radical (unpaired) electrons. The highest BCUT2D eigenvalue weighted by Crippen LogP contribution is 2.30. The Bertz CT molecular complexity index is 838. The molecule has 0 aliphatic carbocycles. The Morgan fingerprint density at radius 1 is 1.00 bits per heavy atom. The van der Waals surface area contributed by atoms with E-state index in [1.54, 1.807) is 4.57 Å². The van der Waals surface area contributed by atoms with Gasteiger partial charge in [-0.1, -0.05) is 25.5 Å². The summed E-state index contributed by atoms with van der Waals surface area (Å²) in [6, 6.07) is -0.198. The maximum absolute atomic E-state index is 14.0. The first-order valence-electron chi connectivity index (χ1n) is 7.87. The molecular formula is C15H15BF9N3O.